The Labute approximate surface area is 236 Å². The quantitative estimate of drug-likeness (QED) is 0.242. The molecule has 2 aliphatic rings. The van der Waals surface area contributed by atoms with Gasteiger partial charge in [-0.1, -0.05) is 91.4 Å². The number of nitrogens with zero attached hydrogens (tertiary/aromatic N) is 1. The van der Waals surface area contributed by atoms with Crippen molar-refractivity contribution in [1.29, 1.82) is 0 Å². The fourth-order valence-corrected chi connectivity index (χ4v) is 5.98. The number of rotatable bonds is 12. The second kappa shape index (κ2) is 14.4. The predicted molar refractivity (Wildman–Crippen MR) is 163 cm³/mol. The highest BCUT2D eigenvalue weighted by atomic mass is 31.0. The van der Waals surface area contributed by atoms with Crippen LogP contribution in [-0.4, -0.2) is 54.3 Å². The summed E-state index contributed by atoms with van der Waals surface area (Å²) in [5, 5.41) is 4.54. The number of hydrogen-bond acceptors (Lipinski definition) is 3. The van der Waals surface area contributed by atoms with Crippen LogP contribution < -0.4 is 10.6 Å². The van der Waals surface area contributed by atoms with Crippen LogP contribution in [0.1, 0.15) is 83.8 Å². The van der Waals surface area contributed by atoms with E-state index in [4.69, 9.17) is 0 Å². The van der Waals surface area contributed by atoms with Gasteiger partial charge in [-0.3, -0.25) is 9.59 Å². The number of unbranched alkanes of at least 4 members (excludes halogenated alkanes) is 2. The topological polar surface area (TPSA) is 61.4 Å². The van der Waals surface area contributed by atoms with Gasteiger partial charge in [-0.25, -0.2) is 4.39 Å². The number of carbonyl (C=O) groups excluding carboxylic acids is 2. The molecule has 1 heterocycles. The molecule has 4 rings (SSSR count). The summed E-state index contributed by atoms with van der Waals surface area (Å²) in [6, 6.07) is 16.5. The third kappa shape index (κ3) is 7.67. The molecule has 0 saturated carbocycles. The maximum absolute atomic E-state index is 14.3. The lowest BCUT2D eigenvalue weighted by Crippen LogP contribution is -2.47. The van der Waals surface area contributed by atoms with E-state index in [0.717, 1.165) is 74.0 Å². The molecule has 0 aromatic heterocycles. The van der Waals surface area contributed by atoms with E-state index >= 15 is 0 Å². The van der Waals surface area contributed by atoms with Crippen molar-refractivity contribution in [3.8, 4) is 11.1 Å². The number of hydrogen-bond donors (Lipinski definition) is 2. The first-order valence-electron chi connectivity index (χ1n) is 14.7. The first-order valence-corrected chi connectivity index (χ1v) is 15.3. The van der Waals surface area contributed by atoms with Crippen LogP contribution >= 0.6 is 9.24 Å². The SMILES string of the molecule is CC.CCCCC(=O)NC1CCN(CCCCC2(C(=O)NCC(C)(F)P)c3ccccc3-c3ccccc32)C1. The van der Waals surface area contributed by atoms with E-state index in [-0.39, 0.29) is 24.4 Å². The zero-order valence-electron chi connectivity index (χ0n) is 24.2. The standard InChI is InChI=1S/C30H41FN3O2P.C2H6/c1-3-4-15-27(35)33-22-16-19-34(20-22)18-10-9-17-30(28(36)32-21-29(2,31)37)25-13-7-5-11-23(25)24-12-6-8-14-26(24)30;1-2/h5-8,11-14,22H,3-4,9-10,15-21,37H2,1-2H3,(H,32,36)(H,33,35);1-2H3. The highest BCUT2D eigenvalue weighted by Gasteiger charge is 2.48. The molecule has 5 nitrogen and oxygen atoms in total. The molecule has 214 valence electrons. The molecule has 0 radical (unpaired) electrons. The maximum Gasteiger partial charge on any atom is 0.235 e. The monoisotopic (exact) mass is 555 g/mol. The Hall–Kier alpha value is -2.30. The number of likely N-dealkylation sites (tertiary alicyclic amines) is 1. The van der Waals surface area contributed by atoms with Gasteiger partial charge in [0.15, 0.2) is 0 Å². The van der Waals surface area contributed by atoms with Crippen LogP contribution in [0, 0.1) is 0 Å². The Bertz CT molecular complexity index is 1060. The van der Waals surface area contributed by atoms with E-state index in [1.807, 2.05) is 38.1 Å². The Morgan fingerprint density at radius 3 is 2.26 bits per heavy atom. The van der Waals surface area contributed by atoms with E-state index < -0.39 is 10.8 Å². The lowest BCUT2D eigenvalue weighted by atomic mass is 9.73. The summed E-state index contributed by atoms with van der Waals surface area (Å²) in [4.78, 5) is 28.4. The molecule has 7 heteroatoms. The predicted octanol–water partition coefficient (Wildman–Crippen LogP) is 6.21. The Morgan fingerprint density at radius 2 is 1.67 bits per heavy atom. The molecule has 3 unspecified atom stereocenters. The fraction of sp³-hybridized carbons (Fsp3) is 0.562. The van der Waals surface area contributed by atoms with Gasteiger partial charge in [0, 0.05) is 25.6 Å². The van der Waals surface area contributed by atoms with Crippen LogP contribution in [0.2, 0.25) is 0 Å². The van der Waals surface area contributed by atoms with E-state index in [9.17, 15) is 14.0 Å². The molecule has 0 spiro atoms. The van der Waals surface area contributed by atoms with Gasteiger partial charge in [-0.05, 0) is 61.4 Å². The van der Waals surface area contributed by atoms with Gasteiger partial charge in [0.25, 0.3) is 0 Å². The van der Waals surface area contributed by atoms with Gasteiger partial charge in [-0.15, -0.1) is 0 Å². The minimum absolute atomic E-state index is 0.0538. The van der Waals surface area contributed by atoms with Crippen molar-refractivity contribution in [3.05, 3.63) is 59.7 Å². The van der Waals surface area contributed by atoms with Crippen molar-refractivity contribution in [3.63, 3.8) is 0 Å². The van der Waals surface area contributed by atoms with Gasteiger partial charge < -0.3 is 15.5 Å². The molecular weight excluding hydrogens is 508 g/mol. The summed E-state index contributed by atoms with van der Waals surface area (Å²) < 4.78 is 14.3. The zero-order valence-corrected chi connectivity index (χ0v) is 25.3. The minimum Gasteiger partial charge on any atom is -0.352 e. The smallest absolute Gasteiger partial charge is 0.235 e. The fourth-order valence-electron chi connectivity index (χ4n) is 5.87. The van der Waals surface area contributed by atoms with E-state index in [1.54, 1.807) is 0 Å². The van der Waals surface area contributed by atoms with Crippen LogP contribution in [0.25, 0.3) is 11.1 Å². The molecule has 1 saturated heterocycles. The molecule has 2 N–H and O–H groups in total. The third-order valence-electron chi connectivity index (χ3n) is 7.72. The summed E-state index contributed by atoms with van der Waals surface area (Å²) in [6.07, 6.45) is 6.06. The number of halogens is 1. The number of alkyl halides is 1. The summed E-state index contributed by atoms with van der Waals surface area (Å²) in [7, 11) is 2.17. The highest BCUT2D eigenvalue weighted by Crippen LogP contribution is 2.51. The van der Waals surface area contributed by atoms with Crippen LogP contribution in [-0.2, 0) is 15.0 Å². The number of fused-ring (bicyclic) bond motifs is 3. The largest absolute Gasteiger partial charge is 0.352 e. The van der Waals surface area contributed by atoms with Crippen LogP contribution in [0.4, 0.5) is 4.39 Å². The third-order valence-corrected chi connectivity index (χ3v) is 7.92. The normalized spacial score (nSPS) is 18.8. The molecule has 2 aromatic carbocycles. The second-order valence-electron chi connectivity index (χ2n) is 10.9. The van der Waals surface area contributed by atoms with Gasteiger partial charge in [-0.2, -0.15) is 0 Å². The molecule has 2 aromatic rings. The van der Waals surface area contributed by atoms with Gasteiger partial charge in [0.05, 0.1) is 6.54 Å². The molecule has 0 bridgehead atoms. The number of benzene rings is 2. The average molecular weight is 556 g/mol. The van der Waals surface area contributed by atoms with Gasteiger partial charge >= 0.3 is 0 Å². The van der Waals surface area contributed by atoms with Crippen molar-refractivity contribution in [2.45, 2.75) is 89.5 Å². The molecular formula is C32H47FN3O2P. The van der Waals surface area contributed by atoms with Crippen LogP contribution in [0.15, 0.2) is 48.5 Å². The van der Waals surface area contributed by atoms with Crippen LogP contribution in [0.3, 0.4) is 0 Å². The molecule has 39 heavy (non-hydrogen) atoms. The average Bonchev–Trinajstić information content (AvgIpc) is 3.50. The van der Waals surface area contributed by atoms with Gasteiger partial charge in [0.1, 0.15) is 10.8 Å². The molecule has 2 amide bonds. The van der Waals surface area contributed by atoms with Crippen molar-refractivity contribution >= 4 is 21.1 Å². The van der Waals surface area contributed by atoms with E-state index in [0.29, 0.717) is 12.8 Å². The van der Waals surface area contributed by atoms with Crippen molar-refractivity contribution < 1.29 is 14.0 Å². The number of amides is 2. The van der Waals surface area contributed by atoms with E-state index in [2.05, 4.69) is 56.0 Å². The molecule has 1 aliphatic heterocycles. The summed E-state index contributed by atoms with van der Waals surface area (Å²) >= 11 is 0. The lowest BCUT2D eigenvalue weighted by Gasteiger charge is -2.32. The summed E-state index contributed by atoms with van der Waals surface area (Å²) in [5.74, 6) is 0.0299. The first-order chi connectivity index (χ1) is 18.7. The summed E-state index contributed by atoms with van der Waals surface area (Å²) in [6.45, 7) is 10.3. The molecule has 1 aliphatic carbocycles. The number of nitrogens with one attached hydrogen (secondary N) is 2. The second-order valence-corrected chi connectivity index (χ2v) is 12.1. The van der Waals surface area contributed by atoms with Crippen LogP contribution in [0.5, 0.6) is 0 Å². The number of carbonyl (C=O) groups is 2. The van der Waals surface area contributed by atoms with Crippen molar-refractivity contribution in [1.82, 2.24) is 15.5 Å². The lowest BCUT2D eigenvalue weighted by molar-refractivity contribution is -0.126. The van der Waals surface area contributed by atoms with E-state index in [1.165, 1.54) is 6.92 Å². The highest BCUT2D eigenvalue weighted by molar-refractivity contribution is 7.18. The summed E-state index contributed by atoms with van der Waals surface area (Å²) in [5.41, 5.74) is 3.36. The minimum atomic E-state index is -1.56. The Kier molecular flexibility index (Phi) is 11.5. The van der Waals surface area contributed by atoms with Crippen molar-refractivity contribution in [2.24, 2.45) is 0 Å². The molecule has 3 atom stereocenters. The Balaban J connectivity index is 0.00000205. The van der Waals surface area contributed by atoms with Gasteiger partial charge in [0.2, 0.25) is 11.8 Å². The molecule has 1 fully saturated rings. The Morgan fingerprint density at radius 1 is 1.05 bits per heavy atom. The maximum atomic E-state index is 14.3. The van der Waals surface area contributed by atoms with Crippen molar-refractivity contribution in [2.75, 3.05) is 26.2 Å². The first kappa shape index (κ1) is 31.2. The zero-order chi connectivity index (χ0) is 28.5.